The summed E-state index contributed by atoms with van der Waals surface area (Å²) in [6, 6.07) is 0. The predicted molar refractivity (Wildman–Crippen MR) is 73.4 cm³/mol. The van der Waals surface area contributed by atoms with E-state index < -0.39 is 17.4 Å². The quantitative estimate of drug-likeness (QED) is 0.402. The third-order valence-electron chi connectivity index (χ3n) is 4.51. The number of carbonyl (C=O) groups excluding carboxylic acids is 2. The molecular formula is C15H21NO5. The van der Waals surface area contributed by atoms with Crippen molar-refractivity contribution < 1.29 is 23.8 Å². The Morgan fingerprint density at radius 3 is 3.10 bits per heavy atom. The van der Waals surface area contributed by atoms with E-state index in [0.717, 1.165) is 6.42 Å². The van der Waals surface area contributed by atoms with E-state index in [2.05, 4.69) is 0 Å². The summed E-state index contributed by atoms with van der Waals surface area (Å²) in [5.74, 6) is -1.27. The molecule has 3 aliphatic rings. The number of ether oxygens (including phenoxy) is 3. The average molecular weight is 295 g/mol. The molecule has 6 heteroatoms. The highest BCUT2D eigenvalue weighted by molar-refractivity contribution is 5.91. The summed E-state index contributed by atoms with van der Waals surface area (Å²) in [6.07, 6.45) is 4.30. The lowest BCUT2D eigenvalue weighted by molar-refractivity contribution is -0.153. The van der Waals surface area contributed by atoms with Crippen molar-refractivity contribution in [3.05, 3.63) is 12.2 Å². The molecular weight excluding hydrogens is 274 g/mol. The molecule has 3 rings (SSSR count). The van der Waals surface area contributed by atoms with Crippen LogP contribution in [-0.2, 0) is 23.8 Å². The van der Waals surface area contributed by atoms with Crippen molar-refractivity contribution in [2.45, 2.75) is 25.0 Å². The van der Waals surface area contributed by atoms with E-state index in [9.17, 15) is 9.59 Å². The van der Waals surface area contributed by atoms with E-state index in [4.69, 9.17) is 14.2 Å². The molecule has 0 aromatic heterocycles. The topological polar surface area (TPSA) is 65.1 Å². The maximum atomic E-state index is 12.6. The first kappa shape index (κ1) is 14.5. The van der Waals surface area contributed by atoms with Crippen molar-refractivity contribution in [1.29, 1.82) is 0 Å². The average Bonchev–Trinajstić information content (AvgIpc) is 3.08. The molecule has 116 valence electrons. The van der Waals surface area contributed by atoms with E-state index in [1.807, 2.05) is 12.2 Å². The fourth-order valence-corrected chi connectivity index (χ4v) is 3.67. The summed E-state index contributed by atoms with van der Waals surface area (Å²) in [6.45, 7) is 3.84. The van der Waals surface area contributed by atoms with Crippen LogP contribution in [0, 0.1) is 11.8 Å². The Morgan fingerprint density at radius 2 is 2.38 bits per heavy atom. The number of esters is 1. The molecule has 0 aromatic carbocycles. The summed E-state index contributed by atoms with van der Waals surface area (Å²) in [4.78, 5) is 26.6. The molecule has 3 heterocycles. The van der Waals surface area contributed by atoms with Crippen LogP contribution < -0.4 is 0 Å². The van der Waals surface area contributed by atoms with E-state index >= 15 is 0 Å². The van der Waals surface area contributed by atoms with E-state index in [1.165, 1.54) is 0 Å². The van der Waals surface area contributed by atoms with Gasteiger partial charge in [0.25, 0.3) is 0 Å². The highest BCUT2D eigenvalue weighted by atomic mass is 16.6. The Hall–Kier alpha value is -1.40. The van der Waals surface area contributed by atoms with Crippen molar-refractivity contribution in [3.63, 3.8) is 0 Å². The SMILES string of the molecule is CCOC(=O)[C@H]1[C@@H]2C=C[C@]3(CN(CCCOC)C(=O)[C@H]13)O2. The number of hydrogen-bond donors (Lipinski definition) is 0. The third-order valence-corrected chi connectivity index (χ3v) is 4.51. The molecule has 6 nitrogen and oxygen atoms in total. The van der Waals surface area contributed by atoms with Gasteiger partial charge in [0.1, 0.15) is 11.5 Å². The molecule has 1 amide bonds. The Balaban J connectivity index is 1.77. The highest BCUT2D eigenvalue weighted by Gasteiger charge is 2.67. The first-order valence-corrected chi connectivity index (χ1v) is 7.44. The Morgan fingerprint density at radius 1 is 1.57 bits per heavy atom. The Bertz CT molecular complexity index is 477. The zero-order valence-electron chi connectivity index (χ0n) is 12.4. The number of nitrogens with zero attached hydrogens (tertiary/aromatic N) is 1. The summed E-state index contributed by atoms with van der Waals surface area (Å²) in [5.41, 5.74) is -0.633. The molecule has 1 spiro atoms. The van der Waals surface area contributed by atoms with Crippen molar-refractivity contribution >= 4 is 11.9 Å². The zero-order chi connectivity index (χ0) is 15.0. The largest absolute Gasteiger partial charge is 0.466 e. The fraction of sp³-hybridized carbons (Fsp3) is 0.733. The second-order valence-electron chi connectivity index (χ2n) is 5.76. The van der Waals surface area contributed by atoms with E-state index in [0.29, 0.717) is 26.3 Å². The van der Waals surface area contributed by atoms with Gasteiger partial charge in [-0.05, 0) is 13.3 Å². The van der Waals surface area contributed by atoms with Crippen LogP contribution in [0.25, 0.3) is 0 Å². The minimum Gasteiger partial charge on any atom is -0.466 e. The maximum absolute atomic E-state index is 12.6. The fourth-order valence-electron chi connectivity index (χ4n) is 3.67. The molecule has 4 atom stereocenters. The lowest BCUT2D eigenvalue weighted by atomic mass is 9.77. The first-order chi connectivity index (χ1) is 10.1. The second kappa shape index (κ2) is 5.42. The molecule has 0 saturated carbocycles. The lowest BCUT2D eigenvalue weighted by Crippen LogP contribution is -2.40. The van der Waals surface area contributed by atoms with Gasteiger partial charge in [-0.3, -0.25) is 9.59 Å². The summed E-state index contributed by atoms with van der Waals surface area (Å²) >= 11 is 0. The highest BCUT2D eigenvalue weighted by Crippen LogP contribution is 2.52. The van der Waals surface area contributed by atoms with E-state index in [-0.39, 0.29) is 18.0 Å². The van der Waals surface area contributed by atoms with Gasteiger partial charge in [-0.25, -0.2) is 0 Å². The predicted octanol–water partition coefficient (Wildman–Crippen LogP) is 0.368. The summed E-state index contributed by atoms with van der Waals surface area (Å²) in [5, 5.41) is 0. The zero-order valence-corrected chi connectivity index (χ0v) is 12.4. The number of rotatable bonds is 6. The van der Waals surface area contributed by atoms with Gasteiger partial charge in [-0.2, -0.15) is 0 Å². The Labute approximate surface area is 124 Å². The van der Waals surface area contributed by atoms with E-state index in [1.54, 1.807) is 18.9 Å². The molecule has 2 fully saturated rings. The maximum Gasteiger partial charge on any atom is 0.312 e. The normalized spacial score (nSPS) is 36.4. The van der Waals surface area contributed by atoms with Gasteiger partial charge < -0.3 is 19.1 Å². The molecule has 0 unspecified atom stereocenters. The first-order valence-electron chi connectivity index (χ1n) is 7.44. The van der Waals surface area contributed by atoms with Crippen LogP contribution in [0.4, 0.5) is 0 Å². The monoisotopic (exact) mass is 295 g/mol. The van der Waals surface area contributed by atoms with Crippen LogP contribution in [-0.4, -0.2) is 61.9 Å². The van der Waals surface area contributed by atoms with Crippen molar-refractivity contribution in [2.75, 3.05) is 33.4 Å². The Kier molecular flexibility index (Phi) is 3.75. The molecule has 0 N–H and O–H groups in total. The van der Waals surface area contributed by atoms with Crippen LogP contribution in [0.5, 0.6) is 0 Å². The molecule has 3 aliphatic heterocycles. The molecule has 0 radical (unpaired) electrons. The van der Waals surface area contributed by atoms with Crippen molar-refractivity contribution in [2.24, 2.45) is 11.8 Å². The van der Waals surface area contributed by atoms with Crippen LogP contribution in [0.1, 0.15) is 13.3 Å². The molecule has 2 bridgehead atoms. The van der Waals surface area contributed by atoms with Gasteiger partial charge in [-0.1, -0.05) is 12.2 Å². The molecule has 2 saturated heterocycles. The van der Waals surface area contributed by atoms with Gasteiger partial charge in [0.2, 0.25) is 5.91 Å². The lowest BCUT2D eigenvalue weighted by Gasteiger charge is -2.22. The second-order valence-corrected chi connectivity index (χ2v) is 5.76. The minimum atomic E-state index is -0.633. The smallest absolute Gasteiger partial charge is 0.312 e. The minimum absolute atomic E-state index is 0.00370. The number of carbonyl (C=O) groups is 2. The van der Waals surface area contributed by atoms with Crippen LogP contribution in [0.15, 0.2) is 12.2 Å². The van der Waals surface area contributed by atoms with Crippen LogP contribution >= 0.6 is 0 Å². The van der Waals surface area contributed by atoms with Gasteiger partial charge in [0.05, 0.1) is 25.2 Å². The number of hydrogen-bond acceptors (Lipinski definition) is 5. The standard InChI is InChI=1S/C15H21NO5/c1-3-20-14(18)11-10-5-6-15(21-10)9-16(7-4-8-19-2)13(17)12(11)15/h5-6,10-12H,3-4,7-9H2,1-2H3/t10-,11-,12-,15+/m0/s1. The number of fused-ring (bicyclic) bond motifs is 1. The summed E-state index contributed by atoms with van der Waals surface area (Å²) < 4.78 is 16.1. The number of likely N-dealkylation sites (tertiary alicyclic amines) is 1. The van der Waals surface area contributed by atoms with Gasteiger partial charge in [-0.15, -0.1) is 0 Å². The van der Waals surface area contributed by atoms with Crippen LogP contribution in [0.2, 0.25) is 0 Å². The number of methoxy groups -OCH3 is 1. The van der Waals surface area contributed by atoms with Crippen molar-refractivity contribution in [1.82, 2.24) is 4.90 Å². The van der Waals surface area contributed by atoms with Gasteiger partial charge in [0, 0.05) is 20.3 Å². The molecule has 0 aliphatic carbocycles. The van der Waals surface area contributed by atoms with Gasteiger partial charge >= 0.3 is 5.97 Å². The van der Waals surface area contributed by atoms with Gasteiger partial charge in [0.15, 0.2) is 0 Å². The van der Waals surface area contributed by atoms with Crippen molar-refractivity contribution in [3.8, 4) is 0 Å². The molecule has 0 aromatic rings. The third kappa shape index (κ3) is 2.17. The molecule has 21 heavy (non-hydrogen) atoms. The van der Waals surface area contributed by atoms with Crippen LogP contribution in [0.3, 0.4) is 0 Å². The summed E-state index contributed by atoms with van der Waals surface area (Å²) in [7, 11) is 1.64. The number of amides is 1.